The molecule has 1 heterocycles. The molecule has 1 fully saturated rings. The SMILES string of the molecule is Cc1ccc(COc2ccc(/C=C3\C(=O)NC(=O)N(c4ccccc4C)C3=O)cc2Br)cc1C. The first-order chi connectivity index (χ1) is 16.2. The van der Waals surface area contributed by atoms with E-state index in [9.17, 15) is 14.4 Å². The van der Waals surface area contributed by atoms with Crippen molar-refractivity contribution < 1.29 is 19.1 Å². The predicted octanol–water partition coefficient (Wildman–Crippen LogP) is 5.62. The summed E-state index contributed by atoms with van der Waals surface area (Å²) in [7, 11) is 0. The highest BCUT2D eigenvalue weighted by atomic mass is 79.9. The van der Waals surface area contributed by atoms with Crippen LogP contribution in [0.3, 0.4) is 0 Å². The number of imide groups is 2. The molecule has 0 aliphatic carbocycles. The molecule has 0 bridgehead atoms. The molecule has 172 valence electrons. The van der Waals surface area contributed by atoms with E-state index >= 15 is 0 Å². The van der Waals surface area contributed by atoms with Gasteiger partial charge in [0.25, 0.3) is 11.8 Å². The van der Waals surface area contributed by atoms with E-state index in [1.807, 2.05) is 12.1 Å². The fraction of sp³-hybridized carbons (Fsp3) is 0.148. The van der Waals surface area contributed by atoms with E-state index in [1.54, 1.807) is 43.3 Å². The maximum absolute atomic E-state index is 13.1. The van der Waals surface area contributed by atoms with Crippen molar-refractivity contribution in [2.24, 2.45) is 0 Å². The minimum atomic E-state index is -0.766. The van der Waals surface area contributed by atoms with Crippen molar-refractivity contribution >= 4 is 45.5 Å². The van der Waals surface area contributed by atoms with Gasteiger partial charge in [-0.1, -0.05) is 42.5 Å². The van der Waals surface area contributed by atoms with Crippen molar-refractivity contribution in [1.82, 2.24) is 5.32 Å². The van der Waals surface area contributed by atoms with Gasteiger partial charge in [0.1, 0.15) is 17.9 Å². The normalized spacial score (nSPS) is 15.0. The highest BCUT2D eigenvalue weighted by Gasteiger charge is 2.37. The molecule has 34 heavy (non-hydrogen) atoms. The Morgan fingerprint density at radius 2 is 1.68 bits per heavy atom. The average Bonchev–Trinajstić information content (AvgIpc) is 2.79. The van der Waals surface area contributed by atoms with Crippen LogP contribution in [0.2, 0.25) is 0 Å². The number of nitrogens with zero attached hydrogens (tertiary/aromatic N) is 1. The number of aryl methyl sites for hydroxylation is 3. The summed E-state index contributed by atoms with van der Waals surface area (Å²) in [6, 6.07) is 17.7. The summed E-state index contributed by atoms with van der Waals surface area (Å²) in [6.45, 7) is 6.34. The quantitative estimate of drug-likeness (QED) is 0.351. The lowest BCUT2D eigenvalue weighted by Crippen LogP contribution is -2.54. The molecule has 6 nitrogen and oxygen atoms in total. The minimum Gasteiger partial charge on any atom is -0.488 e. The van der Waals surface area contributed by atoms with E-state index < -0.39 is 17.8 Å². The van der Waals surface area contributed by atoms with Gasteiger partial charge in [0.05, 0.1) is 10.2 Å². The number of benzene rings is 3. The fourth-order valence-corrected chi connectivity index (χ4v) is 4.15. The van der Waals surface area contributed by atoms with Crippen LogP contribution in [0.1, 0.15) is 27.8 Å². The lowest BCUT2D eigenvalue weighted by molar-refractivity contribution is -0.122. The van der Waals surface area contributed by atoms with E-state index in [0.717, 1.165) is 16.0 Å². The Kier molecular flexibility index (Phi) is 6.65. The number of halogens is 1. The number of nitrogens with one attached hydrogen (secondary N) is 1. The maximum atomic E-state index is 13.1. The number of anilines is 1. The van der Waals surface area contributed by atoms with Crippen molar-refractivity contribution in [1.29, 1.82) is 0 Å². The number of urea groups is 1. The summed E-state index contributed by atoms with van der Waals surface area (Å²) < 4.78 is 6.62. The van der Waals surface area contributed by atoms with E-state index in [0.29, 0.717) is 28.1 Å². The molecular weight excluding hydrogens is 496 g/mol. The van der Waals surface area contributed by atoms with Crippen LogP contribution in [0.4, 0.5) is 10.5 Å². The van der Waals surface area contributed by atoms with Crippen molar-refractivity contribution in [2.45, 2.75) is 27.4 Å². The van der Waals surface area contributed by atoms with Crippen LogP contribution < -0.4 is 15.0 Å². The van der Waals surface area contributed by atoms with E-state index in [1.165, 1.54) is 17.2 Å². The third-order valence-electron chi connectivity index (χ3n) is 5.69. The van der Waals surface area contributed by atoms with E-state index in [-0.39, 0.29) is 5.57 Å². The van der Waals surface area contributed by atoms with Crippen molar-refractivity contribution in [3.8, 4) is 5.75 Å². The van der Waals surface area contributed by atoms with Crippen LogP contribution in [-0.2, 0) is 16.2 Å². The van der Waals surface area contributed by atoms with Crippen molar-refractivity contribution in [2.75, 3.05) is 4.90 Å². The summed E-state index contributed by atoms with van der Waals surface area (Å²) in [5, 5.41) is 2.25. The zero-order valence-corrected chi connectivity index (χ0v) is 20.6. The molecule has 1 saturated heterocycles. The predicted molar refractivity (Wildman–Crippen MR) is 135 cm³/mol. The van der Waals surface area contributed by atoms with Gasteiger partial charge in [0.2, 0.25) is 0 Å². The largest absolute Gasteiger partial charge is 0.488 e. The second-order valence-corrected chi connectivity index (χ2v) is 9.00. The molecule has 0 aromatic heterocycles. The first-order valence-corrected chi connectivity index (χ1v) is 11.5. The second kappa shape index (κ2) is 9.65. The molecule has 1 aliphatic heterocycles. The molecule has 4 amide bonds. The number of rotatable bonds is 5. The smallest absolute Gasteiger partial charge is 0.335 e. The molecule has 0 unspecified atom stereocenters. The van der Waals surface area contributed by atoms with Crippen LogP contribution in [-0.4, -0.2) is 17.8 Å². The lowest BCUT2D eigenvalue weighted by Gasteiger charge is -2.27. The van der Waals surface area contributed by atoms with Crippen LogP contribution in [0.5, 0.6) is 5.75 Å². The molecule has 0 spiro atoms. The monoisotopic (exact) mass is 518 g/mol. The molecule has 3 aromatic rings. The standard InChI is InChI=1S/C27H23BrN2O4/c1-16-8-9-20(12-18(16)3)15-34-24-11-10-19(14-22(24)28)13-21-25(31)29-27(33)30(26(21)32)23-7-5-4-6-17(23)2/h4-14H,15H2,1-3H3,(H,29,31,33)/b21-13+. The summed E-state index contributed by atoms with van der Waals surface area (Å²) >= 11 is 3.51. The number of ether oxygens (including phenoxy) is 1. The van der Waals surface area contributed by atoms with Gasteiger partial charge >= 0.3 is 6.03 Å². The van der Waals surface area contributed by atoms with Crippen LogP contribution in [0.25, 0.3) is 6.08 Å². The molecule has 1 N–H and O–H groups in total. The van der Waals surface area contributed by atoms with Gasteiger partial charge in [-0.25, -0.2) is 9.69 Å². The highest BCUT2D eigenvalue weighted by Crippen LogP contribution is 2.29. The van der Waals surface area contributed by atoms with E-state index in [4.69, 9.17) is 4.74 Å². The summed E-state index contributed by atoms with van der Waals surface area (Å²) in [6.07, 6.45) is 1.47. The zero-order valence-electron chi connectivity index (χ0n) is 19.0. The molecule has 0 radical (unpaired) electrons. The second-order valence-electron chi connectivity index (χ2n) is 8.14. The van der Waals surface area contributed by atoms with Gasteiger partial charge in [-0.2, -0.15) is 0 Å². The molecule has 0 atom stereocenters. The molecule has 7 heteroatoms. The van der Waals surface area contributed by atoms with Gasteiger partial charge in [-0.3, -0.25) is 14.9 Å². The summed E-state index contributed by atoms with van der Waals surface area (Å²) in [5.74, 6) is -0.767. The third-order valence-corrected chi connectivity index (χ3v) is 6.31. The Morgan fingerprint density at radius 3 is 2.38 bits per heavy atom. The topological polar surface area (TPSA) is 75.7 Å². The van der Waals surface area contributed by atoms with Gasteiger partial charge in [-0.15, -0.1) is 0 Å². The third kappa shape index (κ3) is 4.79. The van der Waals surface area contributed by atoms with Gasteiger partial charge in [0, 0.05) is 0 Å². The molecular formula is C27H23BrN2O4. The maximum Gasteiger partial charge on any atom is 0.335 e. The van der Waals surface area contributed by atoms with Crippen LogP contribution >= 0.6 is 15.9 Å². The van der Waals surface area contributed by atoms with Gasteiger partial charge < -0.3 is 4.74 Å². The number of hydrogen-bond acceptors (Lipinski definition) is 4. The summed E-state index contributed by atoms with van der Waals surface area (Å²) in [4.78, 5) is 39.0. The Balaban J connectivity index is 1.56. The number of amides is 4. The minimum absolute atomic E-state index is 0.126. The Labute approximate surface area is 206 Å². The van der Waals surface area contributed by atoms with Gasteiger partial charge in [0.15, 0.2) is 0 Å². The highest BCUT2D eigenvalue weighted by molar-refractivity contribution is 9.10. The number of carbonyl (C=O) groups is 3. The summed E-state index contributed by atoms with van der Waals surface area (Å²) in [5.41, 5.74) is 5.16. The molecule has 3 aromatic carbocycles. The Hall–Kier alpha value is -3.71. The average molecular weight is 519 g/mol. The molecule has 1 aliphatic rings. The number of hydrogen-bond donors (Lipinski definition) is 1. The first-order valence-electron chi connectivity index (χ1n) is 10.7. The van der Waals surface area contributed by atoms with Crippen molar-refractivity contribution in [3.63, 3.8) is 0 Å². The lowest BCUT2D eigenvalue weighted by atomic mass is 10.1. The number of carbonyl (C=O) groups excluding carboxylic acids is 3. The first kappa shape index (κ1) is 23.4. The number of para-hydroxylation sites is 1. The van der Waals surface area contributed by atoms with E-state index in [2.05, 4.69) is 47.2 Å². The van der Waals surface area contributed by atoms with Gasteiger partial charge in [-0.05, 0) is 88.8 Å². The number of barbiturate groups is 1. The zero-order chi connectivity index (χ0) is 24.4. The molecule has 4 rings (SSSR count). The fourth-order valence-electron chi connectivity index (χ4n) is 3.64. The Bertz CT molecular complexity index is 1350. The Morgan fingerprint density at radius 1 is 0.912 bits per heavy atom. The van der Waals surface area contributed by atoms with Crippen molar-refractivity contribution in [3.05, 3.63) is 98.5 Å². The van der Waals surface area contributed by atoms with Crippen LogP contribution in [0, 0.1) is 20.8 Å². The molecule has 0 saturated carbocycles. The van der Waals surface area contributed by atoms with Crippen LogP contribution in [0.15, 0.2) is 70.7 Å².